The normalized spacial score (nSPS) is 10.3. The van der Waals surface area contributed by atoms with E-state index in [0.29, 0.717) is 24.7 Å². The topological polar surface area (TPSA) is 93.0 Å². The van der Waals surface area contributed by atoms with Crippen LogP contribution in [-0.2, 0) is 13.1 Å². The van der Waals surface area contributed by atoms with Crippen molar-refractivity contribution in [2.75, 3.05) is 10.6 Å². The lowest BCUT2D eigenvalue weighted by Gasteiger charge is -2.11. The minimum atomic E-state index is -0.455. The Labute approximate surface area is 151 Å². The highest BCUT2D eigenvalue weighted by Crippen LogP contribution is 2.27. The van der Waals surface area contributed by atoms with Crippen LogP contribution in [0.4, 0.5) is 17.5 Å². The summed E-state index contributed by atoms with van der Waals surface area (Å²) in [5.41, 5.74) is 2.30. The molecule has 0 radical (unpaired) electrons. The molecule has 0 unspecified atom stereocenters. The molecule has 0 amide bonds. The van der Waals surface area contributed by atoms with Gasteiger partial charge in [-0.3, -0.25) is 10.1 Å². The smallest absolute Gasteiger partial charge is 0.332 e. The number of benzene rings is 2. The summed E-state index contributed by atoms with van der Waals surface area (Å²) >= 11 is 0. The van der Waals surface area contributed by atoms with Crippen molar-refractivity contribution < 1.29 is 4.92 Å². The minimum Gasteiger partial charge on any atom is -0.360 e. The van der Waals surface area contributed by atoms with E-state index >= 15 is 0 Å². The molecule has 132 valence electrons. The number of aryl methyl sites for hydroxylation is 1. The first kappa shape index (κ1) is 17.3. The minimum absolute atomic E-state index is 0.105. The molecule has 1 heterocycles. The van der Waals surface area contributed by atoms with Crippen molar-refractivity contribution in [2.45, 2.75) is 20.0 Å². The van der Waals surface area contributed by atoms with Gasteiger partial charge in [0, 0.05) is 13.1 Å². The number of anilines is 2. The van der Waals surface area contributed by atoms with Gasteiger partial charge in [0.05, 0.1) is 4.92 Å². The molecule has 2 aromatic carbocycles. The Morgan fingerprint density at radius 2 is 1.42 bits per heavy atom. The Balaban J connectivity index is 1.80. The summed E-state index contributed by atoms with van der Waals surface area (Å²) in [5.74, 6) is 0.564. The summed E-state index contributed by atoms with van der Waals surface area (Å²) in [6.07, 6.45) is 0. The highest BCUT2D eigenvalue weighted by molar-refractivity contribution is 5.61. The molecule has 0 aliphatic carbocycles. The molecular weight excluding hydrogens is 330 g/mol. The predicted octanol–water partition coefficient (Wildman–Crippen LogP) is 3.92. The van der Waals surface area contributed by atoms with Gasteiger partial charge in [0.25, 0.3) is 0 Å². The second-order valence-electron chi connectivity index (χ2n) is 5.77. The highest BCUT2D eigenvalue weighted by Gasteiger charge is 2.21. The van der Waals surface area contributed by atoms with Crippen LogP contribution < -0.4 is 10.6 Å². The maximum atomic E-state index is 11.4. The first-order valence-corrected chi connectivity index (χ1v) is 8.22. The van der Waals surface area contributed by atoms with E-state index in [2.05, 4.69) is 20.6 Å². The van der Waals surface area contributed by atoms with E-state index in [1.807, 2.05) is 60.7 Å². The van der Waals surface area contributed by atoms with Gasteiger partial charge in [-0.1, -0.05) is 60.7 Å². The summed E-state index contributed by atoms with van der Waals surface area (Å²) in [7, 11) is 0. The summed E-state index contributed by atoms with van der Waals surface area (Å²) in [6, 6.07) is 19.5. The van der Waals surface area contributed by atoms with Gasteiger partial charge in [0.1, 0.15) is 5.69 Å². The van der Waals surface area contributed by atoms with Crippen molar-refractivity contribution in [1.82, 2.24) is 9.97 Å². The number of rotatable bonds is 7. The van der Waals surface area contributed by atoms with Crippen LogP contribution in [0.5, 0.6) is 0 Å². The first-order chi connectivity index (χ1) is 12.6. The average molecular weight is 349 g/mol. The highest BCUT2D eigenvalue weighted by atomic mass is 16.6. The Morgan fingerprint density at radius 3 is 1.96 bits per heavy atom. The van der Waals surface area contributed by atoms with Gasteiger partial charge in [-0.15, -0.1) is 0 Å². The standard InChI is InChI=1S/C19H19N5O2/c1-14-17(24(25)26)18(20-12-15-8-4-2-5-9-15)23-19(22-14)21-13-16-10-6-3-7-11-16/h2-11H,12-13H2,1H3,(H2,20,21,22,23). The van der Waals surface area contributed by atoms with Crippen molar-refractivity contribution in [3.8, 4) is 0 Å². The fraction of sp³-hybridized carbons (Fsp3) is 0.158. The van der Waals surface area contributed by atoms with Crippen LogP contribution in [-0.4, -0.2) is 14.9 Å². The Kier molecular flexibility index (Phi) is 5.38. The van der Waals surface area contributed by atoms with E-state index in [1.165, 1.54) is 0 Å². The molecule has 3 aromatic rings. The summed E-state index contributed by atoms with van der Waals surface area (Å²) in [5, 5.41) is 17.6. The zero-order valence-corrected chi connectivity index (χ0v) is 14.3. The van der Waals surface area contributed by atoms with Gasteiger partial charge in [0.2, 0.25) is 11.8 Å². The van der Waals surface area contributed by atoms with E-state index in [4.69, 9.17) is 0 Å². The SMILES string of the molecule is Cc1nc(NCc2ccccc2)nc(NCc2ccccc2)c1[N+](=O)[O-]. The molecule has 3 rings (SSSR count). The molecule has 0 spiro atoms. The van der Waals surface area contributed by atoms with Gasteiger partial charge in [-0.05, 0) is 18.1 Å². The third-order valence-corrected chi connectivity index (χ3v) is 3.84. The zero-order chi connectivity index (χ0) is 18.4. The molecule has 0 fully saturated rings. The molecule has 2 N–H and O–H groups in total. The van der Waals surface area contributed by atoms with E-state index in [0.717, 1.165) is 11.1 Å². The average Bonchev–Trinajstić information content (AvgIpc) is 2.66. The van der Waals surface area contributed by atoms with Crippen LogP contribution in [0.15, 0.2) is 60.7 Å². The molecule has 7 nitrogen and oxygen atoms in total. The molecule has 0 saturated carbocycles. The van der Waals surface area contributed by atoms with Crippen LogP contribution in [0.25, 0.3) is 0 Å². The Bertz CT molecular complexity index is 885. The molecule has 0 atom stereocenters. The maximum absolute atomic E-state index is 11.4. The van der Waals surface area contributed by atoms with Gasteiger partial charge in [0.15, 0.2) is 0 Å². The van der Waals surface area contributed by atoms with E-state index < -0.39 is 4.92 Å². The number of nitrogens with zero attached hydrogens (tertiary/aromatic N) is 3. The number of hydrogen-bond acceptors (Lipinski definition) is 6. The first-order valence-electron chi connectivity index (χ1n) is 8.22. The van der Waals surface area contributed by atoms with Crippen molar-refractivity contribution in [2.24, 2.45) is 0 Å². The molecule has 26 heavy (non-hydrogen) atoms. The van der Waals surface area contributed by atoms with E-state index in [1.54, 1.807) is 6.92 Å². The maximum Gasteiger partial charge on any atom is 0.332 e. The monoisotopic (exact) mass is 349 g/mol. The number of hydrogen-bond donors (Lipinski definition) is 2. The third-order valence-electron chi connectivity index (χ3n) is 3.84. The number of nitro groups is 1. The zero-order valence-electron chi connectivity index (χ0n) is 14.3. The molecule has 0 aliphatic rings. The lowest BCUT2D eigenvalue weighted by atomic mass is 10.2. The van der Waals surface area contributed by atoms with E-state index in [-0.39, 0.29) is 11.5 Å². The van der Waals surface area contributed by atoms with Gasteiger partial charge < -0.3 is 10.6 Å². The quantitative estimate of drug-likeness (QED) is 0.496. The Morgan fingerprint density at radius 1 is 0.885 bits per heavy atom. The van der Waals surface area contributed by atoms with Crippen molar-refractivity contribution >= 4 is 17.5 Å². The largest absolute Gasteiger partial charge is 0.360 e. The van der Waals surface area contributed by atoms with Crippen LogP contribution in [0, 0.1) is 17.0 Å². The fourth-order valence-corrected chi connectivity index (χ4v) is 2.55. The van der Waals surface area contributed by atoms with Crippen LogP contribution in [0.2, 0.25) is 0 Å². The summed E-state index contributed by atoms with van der Waals surface area (Å²) in [4.78, 5) is 19.5. The van der Waals surface area contributed by atoms with Crippen molar-refractivity contribution in [3.05, 3.63) is 87.6 Å². The third kappa shape index (κ3) is 4.32. The molecule has 0 aliphatic heterocycles. The summed E-state index contributed by atoms with van der Waals surface area (Å²) < 4.78 is 0. The molecule has 0 bridgehead atoms. The van der Waals surface area contributed by atoms with Gasteiger partial charge >= 0.3 is 5.69 Å². The van der Waals surface area contributed by atoms with Crippen LogP contribution >= 0.6 is 0 Å². The lowest BCUT2D eigenvalue weighted by Crippen LogP contribution is -2.11. The van der Waals surface area contributed by atoms with Crippen molar-refractivity contribution in [1.29, 1.82) is 0 Å². The second kappa shape index (κ2) is 8.06. The molecule has 0 saturated heterocycles. The van der Waals surface area contributed by atoms with Gasteiger partial charge in [-0.2, -0.15) is 4.98 Å². The molecule has 7 heteroatoms. The second-order valence-corrected chi connectivity index (χ2v) is 5.77. The predicted molar refractivity (Wildman–Crippen MR) is 101 cm³/mol. The van der Waals surface area contributed by atoms with Gasteiger partial charge in [-0.25, -0.2) is 4.98 Å². The van der Waals surface area contributed by atoms with E-state index in [9.17, 15) is 10.1 Å². The summed E-state index contributed by atoms with van der Waals surface area (Å²) in [6.45, 7) is 2.59. The fourth-order valence-electron chi connectivity index (χ4n) is 2.55. The van der Waals surface area contributed by atoms with Crippen LogP contribution in [0.1, 0.15) is 16.8 Å². The Hall–Kier alpha value is -3.48. The van der Waals surface area contributed by atoms with Crippen LogP contribution in [0.3, 0.4) is 0 Å². The lowest BCUT2D eigenvalue weighted by molar-refractivity contribution is -0.385. The number of nitrogens with one attached hydrogen (secondary N) is 2. The number of aromatic nitrogens is 2. The molecular formula is C19H19N5O2. The van der Waals surface area contributed by atoms with Crippen molar-refractivity contribution in [3.63, 3.8) is 0 Å². The molecule has 1 aromatic heterocycles.